The van der Waals surface area contributed by atoms with Crippen LogP contribution in [0.25, 0.3) is 0 Å². The van der Waals surface area contributed by atoms with E-state index in [1.165, 1.54) is 11.2 Å². The second-order valence-corrected chi connectivity index (χ2v) is 5.92. The molecule has 138 valence electrons. The predicted molar refractivity (Wildman–Crippen MR) is 88.8 cm³/mol. The Bertz CT molecular complexity index is 617. The molecule has 11 heteroatoms. The summed E-state index contributed by atoms with van der Waals surface area (Å²) >= 11 is 0. The predicted octanol–water partition coefficient (Wildman–Crippen LogP) is -2.19. The highest BCUT2D eigenvalue weighted by Gasteiger charge is 2.35. The lowest BCUT2D eigenvalue weighted by Crippen LogP contribution is -2.42. The Morgan fingerprint density at radius 1 is 1.44 bits per heavy atom. The van der Waals surface area contributed by atoms with Gasteiger partial charge in [0.2, 0.25) is 5.96 Å². The summed E-state index contributed by atoms with van der Waals surface area (Å²) in [6, 6.07) is -1.57. The van der Waals surface area contributed by atoms with Crippen LogP contribution in [0.1, 0.15) is 13.8 Å². The first kappa shape index (κ1) is 19.0. The normalized spacial score (nSPS) is 21.7. The monoisotopic (exact) mass is 354 g/mol. The van der Waals surface area contributed by atoms with E-state index in [-0.39, 0.29) is 31.8 Å². The Labute approximate surface area is 144 Å². The van der Waals surface area contributed by atoms with Gasteiger partial charge in [-0.2, -0.15) is 9.98 Å². The van der Waals surface area contributed by atoms with E-state index < -0.39 is 30.1 Å². The molecule has 2 unspecified atom stereocenters. The molecule has 2 aliphatic heterocycles. The summed E-state index contributed by atoms with van der Waals surface area (Å²) in [5.74, 6) is -0.981. The molecular weight excluding hydrogens is 332 g/mol. The third-order valence-electron chi connectivity index (χ3n) is 3.64. The maximum Gasteiger partial charge on any atom is 0.323 e. The quantitative estimate of drug-likeness (QED) is 0.414. The molecule has 2 aliphatic rings. The van der Waals surface area contributed by atoms with Crippen LogP contribution in [0.2, 0.25) is 0 Å². The van der Waals surface area contributed by atoms with Crippen molar-refractivity contribution < 1.29 is 24.2 Å². The molecule has 2 rings (SSSR count). The van der Waals surface area contributed by atoms with Crippen LogP contribution in [0.15, 0.2) is 15.0 Å². The Hall–Kier alpha value is -2.37. The van der Waals surface area contributed by atoms with Gasteiger partial charge in [0.15, 0.2) is 11.9 Å². The zero-order chi connectivity index (χ0) is 18.6. The van der Waals surface area contributed by atoms with Crippen molar-refractivity contribution in [3.8, 4) is 0 Å². The van der Waals surface area contributed by atoms with Crippen LogP contribution >= 0.6 is 0 Å². The summed E-state index contributed by atoms with van der Waals surface area (Å²) in [7, 11) is 0. The molecule has 0 aromatic carbocycles. The summed E-state index contributed by atoms with van der Waals surface area (Å²) in [6.45, 7) is 3.03. The minimum Gasteiger partial charge on any atom is -0.462 e. The number of nitrogens with two attached hydrogens (primary N) is 2. The number of carbonyl (C=O) groups excluding carboxylic acids is 2. The maximum atomic E-state index is 11.7. The zero-order valence-corrected chi connectivity index (χ0v) is 14.0. The lowest BCUT2D eigenvalue weighted by molar-refractivity contribution is -0.152. The first-order valence-corrected chi connectivity index (χ1v) is 7.74. The van der Waals surface area contributed by atoms with Crippen molar-refractivity contribution in [3.05, 3.63) is 0 Å². The average molecular weight is 354 g/mol. The van der Waals surface area contributed by atoms with Crippen LogP contribution in [0, 0.1) is 5.92 Å². The van der Waals surface area contributed by atoms with E-state index >= 15 is 0 Å². The molecule has 0 aromatic rings. The number of amides is 1. The van der Waals surface area contributed by atoms with Gasteiger partial charge in [-0.25, -0.2) is 0 Å². The van der Waals surface area contributed by atoms with Gasteiger partial charge < -0.3 is 26.0 Å². The van der Waals surface area contributed by atoms with Crippen molar-refractivity contribution in [3.63, 3.8) is 0 Å². The SMILES string of the molecule is CC(C)C(N)C(=O)OC[C@H](CO)OCN1C=NC2C(=O)N=C(N)N=C21. The summed E-state index contributed by atoms with van der Waals surface area (Å²) in [5, 5.41) is 9.35. The number of fused-ring (bicyclic) bond motifs is 1. The van der Waals surface area contributed by atoms with Crippen molar-refractivity contribution in [2.75, 3.05) is 19.9 Å². The van der Waals surface area contributed by atoms with Gasteiger partial charge in [0, 0.05) is 0 Å². The molecular formula is C14H22N6O5. The van der Waals surface area contributed by atoms with Crippen molar-refractivity contribution in [2.24, 2.45) is 32.4 Å². The van der Waals surface area contributed by atoms with Gasteiger partial charge in [-0.1, -0.05) is 13.8 Å². The molecule has 25 heavy (non-hydrogen) atoms. The lowest BCUT2D eigenvalue weighted by Gasteiger charge is -2.23. The molecule has 0 aliphatic carbocycles. The Kier molecular flexibility index (Phi) is 6.17. The summed E-state index contributed by atoms with van der Waals surface area (Å²) < 4.78 is 10.5. The van der Waals surface area contributed by atoms with Crippen LogP contribution in [-0.2, 0) is 19.1 Å². The maximum absolute atomic E-state index is 11.7. The van der Waals surface area contributed by atoms with E-state index in [0.717, 1.165) is 0 Å². The van der Waals surface area contributed by atoms with Gasteiger partial charge in [-0.3, -0.25) is 19.5 Å². The molecule has 0 spiro atoms. The second kappa shape index (κ2) is 8.14. The fourth-order valence-electron chi connectivity index (χ4n) is 2.03. The fourth-order valence-corrected chi connectivity index (χ4v) is 2.03. The van der Waals surface area contributed by atoms with Crippen LogP contribution in [0.5, 0.6) is 0 Å². The summed E-state index contributed by atoms with van der Waals surface area (Å²) in [4.78, 5) is 36.4. The minimum absolute atomic E-state index is 0.0571. The van der Waals surface area contributed by atoms with Crippen molar-refractivity contribution in [1.82, 2.24) is 4.90 Å². The Morgan fingerprint density at radius 2 is 2.16 bits per heavy atom. The van der Waals surface area contributed by atoms with Crippen molar-refractivity contribution in [2.45, 2.75) is 32.0 Å². The van der Waals surface area contributed by atoms with E-state index in [4.69, 9.17) is 20.9 Å². The fraction of sp³-hybridized carbons (Fsp3) is 0.643. The number of carbonyl (C=O) groups is 2. The van der Waals surface area contributed by atoms with Crippen LogP contribution in [-0.4, -0.2) is 78.1 Å². The van der Waals surface area contributed by atoms with E-state index in [1.54, 1.807) is 13.8 Å². The van der Waals surface area contributed by atoms with E-state index in [2.05, 4.69) is 15.0 Å². The third-order valence-corrected chi connectivity index (χ3v) is 3.64. The number of ether oxygens (including phenoxy) is 2. The van der Waals surface area contributed by atoms with Gasteiger partial charge in [-0.05, 0) is 5.92 Å². The molecule has 1 amide bonds. The van der Waals surface area contributed by atoms with E-state index in [9.17, 15) is 14.7 Å². The molecule has 0 saturated heterocycles. The van der Waals surface area contributed by atoms with Crippen molar-refractivity contribution in [1.29, 1.82) is 0 Å². The number of nitrogens with zero attached hydrogens (tertiary/aromatic N) is 4. The second-order valence-electron chi connectivity index (χ2n) is 5.92. The van der Waals surface area contributed by atoms with Gasteiger partial charge in [0.05, 0.1) is 12.9 Å². The number of rotatable bonds is 8. The molecule has 5 N–H and O–H groups in total. The Balaban J connectivity index is 1.85. The van der Waals surface area contributed by atoms with Crippen LogP contribution < -0.4 is 11.5 Å². The van der Waals surface area contributed by atoms with Gasteiger partial charge in [-0.15, -0.1) is 0 Å². The van der Waals surface area contributed by atoms with Gasteiger partial charge in [0.25, 0.3) is 5.91 Å². The van der Waals surface area contributed by atoms with Gasteiger partial charge >= 0.3 is 5.97 Å². The number of hydrogen-bond donors (Lipinski definition) is 3. The number of guanidine groups is 1. The highest BCUT2D eigenvalue weighted by Crippen LogP contribution is 2.14. The topological polar surface area (TPSA) is 165 Å². The average Bonchev–Trinajstić information content (AvgIpc) is 2.97. The number of aliphatic imine (C=N–C) groups is 3. The zero-order valence-electron chi connectivity index (χ0n) is 14.0. The van der Waals surface area contributed by atoms with E-state index in [1.807, 2.05) is 0 Å². The number of esters is 1. The smallest absolute Gasteiger partial charge is 0.323 e. The Morgan fingerprint density at radius 3 is 2.80 bits per heavy atom. The first-order valence-electron chi connectivity index (χ1n) is 7.74. The summed E-state index contributed by atoms with van der Waals surface area (Å²) in [6.07, 6.45) is 0.617. The number of aliphatic hydroxyl groups is 1. The number of amidine groups is 1. The van der Waals surface area contributed by atoms with E-state index in [0.29, 0.717) is 5.84 Å². The molecule has 0 radical (unpaired) electrons. The third kappa shape index (κ3) is 4.59. The first-order chi connectivity index (χ1) is 11.8. The molecule has 0 saturated carbocycles. The number of aliphatic hydroxyl groups excluding tert-OH is 1. The molecule has 0 fully saturated rings. The molecule has 3 atom stereocenters. The lowest BCUT2D eigenvalue weighted by atomic mass is 10.1. The molecule has 0 bridgehead atoms. The van der Waals surface area contributed by atoms with Crippen LogP contribution in [0.4, 0.5) is 0 Å². The highest BCUT2D eigenvalue weighted by molar-refractivity contribution is 6.21. The van der Waals surface area contributed by atoms with Gasteiger partial charge in [0.1, 0.15) is 25.5 Å². The van der Waals surface area contributed by atoms with Crippen LogP contribution in [0.3, 0.4) is 0 Å². The molecule has 11 nitrogen and oxygen atoms in total. The largest absolute Gasteiger partial charge is 0.462 e. The minimum atomic E-state index is -0.828. The van der Waals surface area contributed by atoms with Crippen molar-refractivity contribution >= 4 is 30.0 Å². The summed E-state index contributed by atoms with van der Waals surface area (Å²) in [5.41, 5.74) is 11.2. The molecule has 0 aromatic heterocycles. The number of hydrogen-bond acceptors (Lipinski definition) is 10. The standard InChI is InChI=1S/C14H22N6O5/c1-7(2)9(15)13(23)24-4-8(3-21)25-6-20-5-17-10-11(20)18-14(16)19-12(10)22/h5,7-10,21H,3-4,6,15H2,1-2H3,(H2,16,19,22)/t8-,9?,10?/m0/s1. The highest BCUT2D eigenvalue weighted by atomic mass is 16.6. The molecule has 2 heterocycles.